The minimum Gasteiger partial charge on any atom is -0.462 e. The molecule has 7 nitrogen and oxygen atoms in total. The van der Waals surface area contributed by atoms with Crippen molar-refractivity contribution in [2.45, 2.75) is 132 Å². The predicted octanol–water partition coefficient (Wildman–Crippen LogP) is 6.37. The summed E-state index contributed by atoms with van der Waals surface area (Å²) >= 11 is 0. The molecule has 0 N–H and O–H groups in total. The molecular formula is C34H50O7. The second kappa shape index (κ2) is 9.67. The molecule has 0 radical (unpaired) electrons. The average molecular weight is 571 g/mol. The Hall–Kier alpha value is -2.18. The van der Waals surface area contributed by atoms with Crippen molar-refractivity contribution >= 4 is 23.7 Å². The molecule has 0 aromatic rings. The molecule has 0 bridgehead atoms. The molecule has 0 aromatic heterocycles. The summed E-state index contributed by atoms with van der Waals surface area (Å²) in [7, 11) is 0. The summed E-state index contributed by atoms with van der Waals surface area (Å²) in [5.41, 5.74) is -1.58. The summed E-state index contributed by atoms with van der Waals surface area (Å²) < 4.78 is 17.5. The van der Waals surface area contributed by atoms with Crippen LogP contribution in [0.15, 0.2) is 11.6 Å². The van der Waals surface area contributed by atoms with Crippen molar-refractivity contribution in [2.75, 3.05) is 0 Å². The van der Waals surface area contributed by atoms with Crippen LogP contribution in [0.2, 0.25) is 0 Å². The van der Waals surface area contributed by atoms with Crippen molar-refractivity contribution in [3.05, 3.63) is 11.6 Å². The number of ketones is 1. The smallest absolute Gasteiger partial charge is 0.334 e. The Morgan fingerprint density at radius 3 is 2.15 bits per heavy atom. The third-order valence-electron chi connectivity index (χ3n) is 13.3. The van der Waals surface area contributed by atoms with Gasteiger partial charge in [0.15, 0.2) is 0 Å². The van der Waals surface area contributed by atoms with Crippen molar-refractivity contribution in [1.29, 1.82) is 0 Å². The minimum atomic E-state index is -0.769. The van der Waals surface area contributed by atoms with Gasteiger partial charge in [-0.1, -0.05) is 41.5 Å². The van der Waals surface area contributed by atoms with Gasteiger partial charge in [0, 0.05) is 30.3 Å². The number of carbonyl (C=O) groups excluding carboxylic acids is 4. The molecule has 4 aliphatic carbocycles. The van der Waals surface area contributed by atoms with E-state index in [-0.39, 0.29) is 64.0 Å². The van der Waals surface area contributed by atoms with E-state index in [9.17, 15) is 14.4 Å². The van der Waals surface area contributed by atoms with Crippen molar-refractivity contribution in [2.24, 2.45) is 44.8 Å². The SMILES string of the molecule is CC(=O)O[C@H]1C[C@H]2C(C)(C)[C@H](OC(C)=O)CC[C@]2(C)[C@@]12CC[C@]1(C)C([C@H](C)C[C@@H]3C=C(C)C(=O)O3)CC[C@@]1(C)C2=O. The number of ether oxygens (including phenoxy) is 3. The van der Waals surface area contributed by atoms with Crippen LogP contribution >= 0.6 is 0 Å². The highest BCUT2D eigenvalue weighted by Gasteiger charge is 2.77. The van der Waals surface area contributed by atoms with Gasteiger partial charge in [0.2, 0.25) is 0 Å². The molecule has 228 valence electrons. The normalized spacial score (nSPS) is 45.5. The average Bonchev–Trinajstić information content (AvgIpc) is 3.42. The van der Waals surface area contributed by atoms with E-state index in [0.717, 1.165) is 32.1 Å². The van der Waals surface area contributed by atoms with E-state index in [1.807, 2.05) is 6.08 Å². The fraction of sp³-hybridized carbons (Fsp3) is 0.824. The Morgan fingerprint density at radius 1 is 0.927 bits per heavy atom. The van der Waals surface area contributed by atoms with Gasteiger partial charge in [0.25, 0.3) is 0 Å². The van der Waals surface area contributed by atoms with Crippen molar-refractivity contribution in [3.8, 4) is 0 Å². The highest BCUT2D eigenvalue weighted by molar-refractivity contribution is 5.94. The monoisotopic (exact) mass is 570 g/mol. The van der Waals surface area contributed by atoms with Crippen molar-refractivity contribution in [3.63, 3.8) is 0 Å². The van der Waals surface area contributed by atoms with E-state index in [4.69, 9.17) is 14.2 Å². The molecule has 5 rings (SSSR count). The molecule has 41 heavy (non-hydrogen) atoms. The van der Waals surface area contributed by atoms with Crippen LogP contribution in [0.25, 0.3) is 0 Å². The van der Waals surface area contributed by atoms with Gasteiger partial charge in [-0.25, -0.2) is 4.79 Å². The summed E-state index contributed by atoms with van der Waals surface area (Å²) in [6.45, 7) is 18.0. The van der Waals surface area contributed by atoms with Gasteiger partial charge in [-0.05, 0) is 93.0 Å². The van der Waals surface area contributed by atoms with Crippen LogP contribution < -0.4 is 0 Å². The number of Topliss-reactive ketones (excluding diaryl/α,β-unsaturated/α-hetero) is 1. The highest BCUT2D eigenvalue weighted by Crippen LogP contribution is 2.76. The Bertz CT molecular complexity index is 1190. The molecule has 1 heterocycles. The molecule has 1 spiro atoms. The molecule has 1 unspecified atom stereocenters. The first-order valence-electron chi connectivity index (χ1n) is 15.7. The molecular weight excluding hydrogens is 520 g/mol. The van der Waals surface area contributed by atoms with E-state index in [1.165, 1.54) is 13.8 Å². The number of esters is 3. The standard InChI is InChI=1S/C34H50O7/c1-19(16-23-17-20(2)28(37)41-23)24-10-12-33(9)29(38)34(15-14-31(24,33)7)27(40-22(4)36)18-25-30(5,6)26(39-21(3)35)11-13-32(25,34)8/h17,19,23-27H,10-16,18H2,1-9H3/t19-,23-,24?,25+,26-,27+,31-,32+,33+,34+/m1/s1. The summed E-state index contributed by atoms with van der Waals surface area (Å²) in [6.07, 6.45) is 7.20. The first-order valence-corrected chi connectivity index (χ1v) is 15.7. The zero-order valence-electron chi connectivity index (χ0n) is 26.6. The summed E-state index contributed by atoms with van der Waals surface area (Å²) in [5, 5.41) is 0. The Morgan fingerprint density at radius 2 is 1.56 bits per heavy atom. The van der Waals surface area contributed by atoms with Crippen LogP contribution in [0.4, 0.5) is 0 Å². The number of rotatable bonds is 5. The van der Waals surface area contributed by atoms with Gasteiger partial charge in [-0.15, -0.1) is 0 Å². The van der Waals surface area contributed by atoms with Gasteiger partial charge >= 0.3 is 17.9 Å². The van der Waals surface area contributed by atoms with Gasteiger partial charge < -0.3 is 14.2 Å². The molecule has 0 aromatic carbocycles. The second-order valence-electron chi connectivity index (χ2n) is 15.5. The summed E-state index contributed by atoms with van der Waals surface area (Å²) in [5.74, 6) is 0.105. The molecule has 0 amide bonds. The van der Waals surface area contributed by atoms with Crippen LogP contribution in [0.3, 0.4) is 0 Å². The molecule has 4 fully saturated rings. The minimum absolute atomic E-state index is 0.0672. The van der Waals surface area contributed by atoms with Gasteiger partial charge in [0.05, 0.1) is 5.41 Å². The van der Waals surface area contributed by atoms with Gasteiger partial charge in [-0.3, -0.25) is 14.4 Å². The van der Waals surface area contributed by atoms with E-state index in [1.54, 1.807) is 6.92 Å². The van der Waals surface area contributed by atoms with E-state index < -0.39 is 16.9 Å². The van der Waals surface area contributed by atoms with Gasteiger partial charge in [0.1, 0.15) is 24.1 Å². The maximum absolute atomic E-state index is 15.3. The number of carbonyl (C=O) groups is 4. The summed E-state index contributed by atoms with van der Waals surface area (Å²) in [4.78, 5) is 51.8. The molecule has 7 heteroatoms. The first kappa shape index (κ1) is 30.3. The van der Waals surface area contributed by atoms with E-state index in [2.05, 4.69) is 41.5 Å². The first-order chi connectivity index (χ1) is 18.9. The number of hydrogen-bond acceptors (Lipinski definition) is 7. The lowest BCUT2D eigenvalue weighted by Crippen LogP contribution is -2.64. The fourth-order valence-corrected chi connectivity index (χ4v) is 11.0. The Labute approximate surface area is 245 Å². The molecule has 5 aliphatic rings. The van der Waals surface area contributed by atoms with E-state index in [0.29, 0.717) is 30.8 Å². The number of cyclic esters (lactones) is 1. The molecule has 0 saturated heterocycles. The van der Waals surface area contributed by atoms with Crippen LogP contribution in [0, 0.1) is 44.8 Å². The van der Waals surface area contributed by atoms with Crippen LogP contribution in [-0.2, 0) is 33.4 Å². The molecule has 1 aliphatic heterocycles. The van der Waals surface area contributed by atoms with E-state index >= 15 is 4.79 Å². The topological polar surface area (TPSA) is 96.0 Å². The molecule has 10 atom stereocenters. The van der Waals surface area contributed by atoms with Crippen molar-refractivity contribution < 1.29 is 33.4 Å². The third kappa shape index (κ3) is 4.10. The zero-order chi connectivity index (χ0) is 30.3. The second-order valence-corrected chi connectivity index (χ2v) is 15.5. The predicted molar refractivity (Wildman–Crippen MR) is 153 cm³/mol. The largest absolute Gasteiger partial charge is 0.462 e. The lowest BCUT2D eigenvalue weighted by Gasteiger charge is -2.62. The maximum atomic E-state index is 15.3. The lowest BCUT2D eigenvalue weighted by molar-refractivity contribution is -0.196. The Kier molecular flexibility index (Phi) is 7.14. The van der Waals surface area contributed by atoms with Crippen LogP contribution in [0.5, 0.6) is 0 Å². The molecule has 4 saturated carbocycles. The van der Waals surface area contributed by atoms with Crippen LogP contribution in [0.1, 0.15) is 114 Å². The van der Waals surface area contributed by atoms with Gasteiger partial charge in [-0.2, -0.15) is 0 Å². The maximum Gasteiger partial charge on any atom is 0.334 e. The lowest BCUT2D eigenvalue weighted by atomic mass is 9.41. The van der Waals surface area contributed by atoms with Crippen LogP contribution in [-0.4, -0.2) is 42.0 Å². The third-order valence-corrected chi connectivity index (χ3v) is 13.3. The number of fused-ring (bicyclic) bond motifs is 3. The van der Waals surface area contributed by atoms with Crippen molar-refractivity contribution in [1.82, 2.24) is 0 Å². The summed E-state index contributed by atoms with van der Waals surface area (Å²) in [6, 6.07) is 0. The highest BCUT2D eigenvalue weighted by atomic mass is 16.6. The number of hydrogen-bond donors (Lipinski definition) is 0. The Balaban J connectivity index is 1.49. The quantitative estimate of drug-likeness (QED) is 0.280. The zero-order valence-corrected chi connectivity index (χ0v) is 26.6. The fourth-order valence-electron chi connectivity index (χ4n) is 11.0.